The Morgan fingerprint density at radius 3 is 2.61 bits per heavy atom. The lowest BCUT2D eigenvalue weighted by molar-refractivity contribution is 0.0600. The van der Waals surface area contributed by atoms with Crippen LogP contribution in [-0.2, 0) is 11.2 Å². The van der Waals surface area contributed by atoms with Crippen LogP contribution in [0.3, 0.4) is 0 Å². The number of carbonyl (C=O) groups excluding carboxylic acids is 2. The molecule has 0 saturated carbocycles. The van der Waals surface area contributed by atoms with E-state index in [4.69, 9.17) is 16.3 Å². The fraction of sp³-hybridized carbons (Fsp3) is 0.0909. The van der Waals surface area contributed by atoms with E-state index in [2.05, 4.69) is 0 Å². The number of nitrogens with zero attached hydrogens (tertiary/aromatic N) is 1. The molecule has 0 saturated heterocycles. The molecule has 0 spiro atoms. The summed E-state index contributed by atoms with van der Waals surface area (Å²) in [5, 5.41) is 11.0. The Hall–Kier alpha value is -3.31. The van der Waals surface area contributed by atoms with Crippen molar-refractivity contribution in [3.05, 3.63) is 82.4 Å². The highest BCUT2D eigenvalue weighted by Crippen LogP contribution is 2.45. The number of methoxy groups -OCH3 is 1. The summed E-state index contributed by atoms with van der Waals surface area (Å²) in [6.07, 6.45) is 0.206. The van der Waals surface area contributed by atoms with Gasteiger partial charge in [-0.05, 0) is 48.0 Å². The van der Waals surface area contributed by atoms with E-state index in [-0.39, 0.29) is 18.0 Å². The molecule has 0 bridgehead atoms. The summed E-state index contributed by atoms with van der Waals surface area (Å²) in [6.45, 7) is 0. The number of anilines is 3. The molecule has 5 nitrogen and oxygen atoms in total. The highest BCUT2D eigenvalue weighted by molar-refractivity contribution is 6.31. The van der Waals surface area contributed by atoms with Gasteiger partial charge < -0.3 is 14.7 Å². The van der Waals surface area contributed by atoms with Crippen LogP contribution in [0.4, 0.5) is 17.1 Å². The molecular formula is C22H16ClNO4. The van der Waals surface area contributed by atoms with Gasteiger partial charge in [0.15, 0.2) is 5.78 Å². The van der Waals surface area contributed by atoms with Gasteiger partial charge in [0, 0.05) is 22.7 Å². The van der Waals surface area contributed by atoms with Crippen LogP contribution in [0.25, 0.3) is 0 Å². The summed E-state index contributed by atoms with van der Waals surface area (Å²) < 4.78 is 4.80. The summed E-state index contributed by atoms with van der Waals surface area (Å²) in [5.74, 6) is -0.620. The van der Waals surface area contributed by atoms with E-state index < -0.39 is 5.97 Å². The predicted molar refractivity (Wildman–Crippen MR) is 107 cm³/mol. The molecule has 0 unspecified atom stereocenters. The number of phenolic OH excluding ortho intramolecular Hbond substituents is 1. The van der Waals surface area contributed by atoms with Gasteiger partial charge in [0.25, 0.3) is 0 Å². The Labute approximate surface area is 166 Å². The van der Waals surface area contributed by atoms with Gasteiger partial charge in [-0.15, -0.1) is 0 Å². The molecule has 1 heterocycles. The maximum atomic E-state index is 12.9. The SMILES string of the molecule is COC(=O)c1ccc(O)c(N2c3ccccc3CC(=O)c3cc(Cl)ccc32)c1. The van der Waals surface area contributed by atoms with Gasteiger partial charge in [0.1, 0.15) is 5.75 Å². The third kappa shape index (κ3) is 3.00. The van der Waals surface area contributed by atoms with Crippen LogP contribution in [0, 0.1) is 0 Å². The number of rotatable bonds is 2. The average Bonchev–Trinajstić information content (AvgIpc) is 2.82. The average molecular weight is 394 g/mol. The molecule has 0 atom stereocenters. The number of carbonyl (C=O) groups is 2. The second kappa shape index (κ2) is 7.02. The zero-order chi connectivity index (χ0) is 19.8. The van der Waals surface area contributed by atoms with Gasteiger partial charge >= 0.3 is 5.97 Å². The number of benzene rings is 3. The number of hydrogen-bond donors (Lipinski definition) is 1. The number of esters is 1. The van der Waals surface area contributed by atoms with E-state index in [0.717, 1.165) is 11.3 Å². The molecule has 1 aliphatic rings. The van der Waals surface area contributed by atoms with Crippen molar-refractivity contribution in [2.45, 2.75) is 6.42 Å². The zero-order valence-corrected chi connectivity index (χ0v) is 15.7. The minimum absolute atomic E-state index is 0.0299. The molecule has 3 aromatic carbocycles. The van der Waals surface area contributed by atoms with E-state index in [0.29, 0.717) is 27.5 Å². The number of Topliss-reactive ketones (excluding diaryl/α,β-unsaturated/α-hetero) is 1. The zero-order valence-electron chi connectivity index (χ0n) is 15.0. The minimum Gasteiger partial charge on any atom is -0.506 e. The summed E-state index contributed by atoms with van der Waals surface area (Å²) in [4.78, 5) is 26.7. The molecule has 1 aliphatic heterocycles. The number of hydrogen-bond acceptors (Lipinski definition) is 5. The van der Waals surface area contributed by atoms with Crippen molar-refractivity contribution in [2.75, 3.05) is 12.0 Å². The van der Waals surface area contributed by atoms with Crippen molar-refractivity contribution in [2.24, 2.45) is 0 Å². The van der Waals surface area contributed by atoms with Gasteiger partial charge in [0.05, 0.1) is 24.0 Å². The van der Waals surface area contributed by atoms with Crippen molar-refractivity contribution >= 4 is 40.4 Å². The Morgan fingerprint density at radius 1 is 1.04 bits per heavy atom. The molecule has 3 aromatic rings. The lowest BCUT2D eigenvalue weighted by Gasteiger charge is -2.27. The maximum Gasteiger partial charge on any atom is 0.337 e. The Bertz CT molecular complexity index is 1110. The molecular weight excluding hydrogens is 378 g/mol. The van der Waals surface area contributed by atoms with Gasteiger partial charge in [-0.3, -0.25) is 4.79 Å². The maximum absolute atomic E-state index is 12.9. The summed E-state index contributed by atoms with van der Waals surface area (Å²) >= 11 is 6.14. The number of phenols is 1. The van der Waals surface area contributed by atoms with Crippen molar-refractivity contribution in [3.8, 4) is 5.75 Å². The number of ether oxygens (including phenoxy) is 1. The first kappa shape index (κ1) is 18.1. The van der Waals surface area contributed by atoms with Crippen LogP contribution in [0.2, 0.25) is 5.02 Å². The first-order valence-electron chi connectivity index (χ1n) is 8.61. The molecule has 6 heteroatoms. The lowest BCUT2D eigenvalue weighted by atomic mass is 10.0. The second-order valence-corrected chi connectivity index (χ2v) is 6.86. The van der Waals surface area contributed by atoms with E-state index in [9.17, 15) is 14.7 Å². The highest BCUT2D eigenvalue weighted by Gasteiger charge is 2.28. The molecule has 4 rings (SSSR count). The fourth-order valence-electron chi connectivity index (χ4n) is 3.41. The smallest absolute Gasteiger partial charge is 0.337 e. The van der Waals surface area contributed by atoms with Crippen LogP contribution in [-0.4, -0.2) is 24.0 Å². The highest BCUT2D eigenvalue weighted by atomic mass is 35.5. The van der Waals surface area contributed by atoms with E-state index in [1.165, 1.54) is 19.2 Å². The van der Waals surface area contributed by atoms with Crippen LogP contribution in [0.5, 0.6) is 5.75 Å². The summed E-state index contributed by atoms with van der Waals surface area (Å²) in [7, 11) is 1.30. The quantitative estimate of drug-likeness (QED) is 0.618. The number of fused-ring (bicyclic) bond motifs is 2. The molecule has 0 fully saturated rings. The Kier molecular flexibility index (Phi) is 4.53. The van der Waals surface area contributed by atoms with E-state index in [1.54, 1.807) is 29.2 Å². The number of halogens is 1. The van der Waals surface area contributed by atoms with Gasteiger partial charge in [-0.1, -0.05) is 29.8 Å². The third-order valence-corrected chi connectivity index (χ3v) is 4.96. The first-order valence-corrected chi connectivity index (χ1v) is 8.99. The molecule has 0 amide bonds. The Balaban J connectivity index is 2.03. The van der Waals surface area contributed by atoms with Crippen LogP contribution in [0.1, 0.15) is 26.3 Å². The molecule has 0 radical (unpaired) electrons. The lowest BCUT2D eigenvalue weighted by Crippen LogP contribution is -2.13. The van der Waals surface area contributed by atoms with Gasteiger partial charge in [-0.2, -0.15) is 0 Å². The van der Waals surface area contributed by atoms with Crippen LogP contribution < -0.4 is 4.90 Å². The normalized spacial score (nSPS) is 12.8. The largest absolute Gasteiger partial charge is 0.506 e. The van der Waals surface area contributed by atoms with Crippen LogP contribution in [0.15, 0.2) is 60.7 Å². The van der Waals surface area contributed by atoms with Crippen molar-refractivity contribution in [1.29, 1.82) is 0 Å². The predicted octanol–water partition coefficient (Wildman–Crippen LogP) is 5.04. The molecule has 0 aromatic heterocycles. The molecule has 28 heavy (non-hydrogen) atoms. The first-order chi connectivity index (χ1) is 13.5. The standard InChI is InChI=1S/C22H16ClNO4/c1-28-22(27)14-6-9-20(25)19(10-14)24-17-5-3-2-4-13(17)11-21(26)16-12-15(23)7-8-18(16)24/h2-10,12,25H,11H2,1H3. The van der Waals surface area contributed by atoms with Gasteiger partial charge in [-0.25, -0.2) is 4.79 Å². The van der Waals surface area contributed by atoms with E-state index >= 15 is 0 Å². The summed E-state index contributed by atoms with van der Waals surface area (Å²) in [5.41, 5.74) is 3.24. The molecule has 0 aliphatic carbocycles. The molecule has 140 valence electrons. The Morgan fingerprint density at radius 2 is 1.82 bits per heavy atom. The monoisotopic (exact) mass is 393 g/mol. The number of aromatic hydroxyl groups is 1. The molecule has 1 N–H and O–H groups in total. The van der Waals surface area contributed by atoms with Crippen LogP contribution >= 0.6 is 11.6 Å². The summed E-state index contributed by atoms with van der Waals surface area (Å²) in [6, 6.07) is 17.0. The van der Waals surface area contributed by atoms with Gasteiger partial charge in [0.2, 0.25) is 0 Å². The number of ketones is 1. The second-order valence-electron chi connectivity index (χ2n) is 6.42. The van der Waals surface area contributed by atoms with Crippen molar-refractivity contribution < 1.29 is 19.4 Å². The third-order valence-electron chi connectivity index (χ3n) is 4.72. The van der Waals surface area contributed by atoms with Crippen molar-refractivity contribution in [3.63, 3.8) is 0 Å². The minimum atomic E-state index is -0.517. The fourth-order valence-corrected chi connectivity index (χ4v) is 3.58. The van der Waals surface area contributed by atoms with Crippen molar-refractivity contribution in [1.82, 2.24) is 0 Å². The number of para-hydroxylation sites is 1. The van der Waals surface area contributed by atoms with E-state index in [1.807, 2.05) is 24.3 Å². The topological polar surface area (TPSA) is 66.8 Å².